The zero-order valence-corrected chi connectivity index (χ0v) is 15.9. The third-order valence-electron chi connectivity index (χ3n) is 4.67. The molecular weight excluding hydrogens is 369 g/mol. The summed E-state index contributed by atoms with van der Waals surface area (Å²) in [6.07, 6.45) is 3.37. The lowest BCUT2D eigenvalue weighted by Gasteiger charge is -2.28. The van der Waals surface area contributed by atoms with E-state index >= 15 is 0 Å². The number of amides is 1. The van der Waals surface area contributed by atoms with Gasteiger partial charge in [-0.2, -0.15) is 5.10 Å². The first kappa shape index (κ1) is 18.9. The van der Waals surface area contributed by atoms with Gasteiger partial charge in [0, 0.05) is 28.5 Å². The molecule has 1 heterocycles. The minimum Gasteiger partial charge on any atom is -0.331 e. The fourth-order valence-corrected chi connectivity index (χ4v) is 3.53. The second-order valence-corrected chi connectivity index (χ2v) is 7.49. The van der Waals surface area contributed by atoms with Crippen LogP contribution in [0.1, 0.15) is 24.0 Å². The molecule has 0 aliphatic carbocycles. The van der Waals surface area contributed by atoms with Crippen molar-refractivity contribution in [2.75, 3.05) is 13.1 Å². The topological polar surface area (TPSA) is 45.9 Å². The van der Waals surface area contributed by atoms with Crippen LogP contribution in [0.2, 0.25) is 10.0 Å². The van der Waals surface area contributed by atoms with E-state index in [-0.39, 0.29) is 11.8 Å². The Balaban J connectivity index is 1.43. The summed E-state index contributed by atoms with van der Waals surface area (Å²) >= 11 is 11.9. The molecule has 4 nitrogen and oxygen atoms in total. The molecule has 3 rings (SSSR count). The van der Waals surface area contributed by atoms with Crippen molar-refractivity contribution in [3.05, 3.63) is 69.7 Å². The van der Waals surface area contributed by atoms with Gasteiger partial charge in [-0.1, -0.05) is 47.5 Å². The number of hydrazone groups is 1. The van der Waals surface area contributed by atoms with Gasteiger partial charge in [0.25, 0.3) is 0 Å². The molecule has 1 fully saturated rings. The normalized spacial score (nSPS) is 20.2. The van der Waals surface area contributed by atoms with Crippen LogP contribution in [-0.2, 0) is 11.3 Å². The van der Waals surface area contributed by atoms with E-state index in [2.05, 4.69) is 22.7 Å². The van der Waals surface area contributed by atoms with Crippen molar-refractivity contribution in [3.63, 3.8) is 0 Å². The molecule has 0 aromatic heterocycles. The molecule has 136 valence electrons. The molecule has 0 saturated carbocycles. The van der Waals surface area contributed by atoms with Crippen LogP contribution >= 0.6 is 23.2 Å². The van der Waals surface area contributed by atoms with Crippen LogP contribution in [0, 0.1) is 5.92 Å². The average molecular weight is 391 g/mol. The smallest absolute Gasteiger partial charge is 0.243 e. The molecule has 1 aliphatic rings. The molecule has 0 bridgehead atoms. The zero-order chi connectivity index (χ0) is 18.4. The standard InChI is InChI=1S/C20H21Cl2N3O/c21-18-6-4-15(5-7-18)14-25-10-8-17(9-11-25)20(26)24-23-13-16-2-1-3-19(22)12-16/h1-7,12-13,17H,8-11,14H2,(H,24,26)/p+1/b23-13-. The Labute approximate surface area is 163 Å². The van der Waals surface area contributed by atoms with E-state index in [4.69, 9.17) is 23.2 Å². The largest absolute Gasteiger partial charge is 0.331 e. The van der Waals surface area contributed by atoms with Crippen molar-refractivity contribution in [1.29, 1.82) is 0 Å². The summed E-state index contributed by atoms with van der Waals surface area (Å²) < 4.78 is 0. The van der Waals surface area contributed by atoms with E-state index < -0.39 is 0 Å². The quantitative estimate of drug-likeness (QED) is 0.598. The Morgan fingerprint density at radius 3 is 2.54 bits per heavy atom. The van der Waals surface area contributed by atoms with Crippen LogP contribution < -0.4 is 10.3 Å². The fraction of sp³-hybridized carbons (Fsp3) is 0.300. The molecule has 1 aliphatic heterocycles. The van der Waals surface area contributed by atoms with E-state index in [0.29, 0.717) is 5.02 Å². The summed E-state index contributed by atoms with van der Waals surface area (Å²) in [6.45, 7) is 2.94. The fourth-order valence-electron chi connectivity index (χ4n) is 3.20. The van der Waals surface area contributed by atoms with Crippen molar-refractivity contribution < 1.29 is 9.69 Å². The van der Waals surface area contributed by atoms with Crippen LogP contribution in [-0.4, -0.2) is 25.2 Å². The van der Waals surface area contributed by atoms with Gasteiger partial charge < -0.3 is 4.90 Å². The molecule has 26 heavy (non-hydrogen) atoms. The summed E-state index contributed by atoms with van der Waals surface area (Å²) in [5.41, 5.74) is 4.79. The Kier molecular flexibility index (Phi) is 6.67. The molecule has 1 saturated heterocycles. The van der Waals surface area contributed by atoms with E-state index in [9.17, 15) is 4.79 Å². The number of benzene rings is 2. The van der Waals surface area contributed by atoms with Gasteiger partial charge in [0.1, 0.15) is 6.54 Å². The van der Waals surface area contributed by atoms with E-state index in [1.165, 1.54) is 10.5 Å². The molecule has 0 unspecified atom stereocenters. The van der Waals surface area contributed by atoms with Gasteiger partial charge in [0.15, 0.2) is 0 Å². The number of halogens is 2. The highest BCUT2D eigenvalue weighted by Crippen LogP contribution is 2.12. The van der Waals surface area contributed by atoms with Crippen molar-refractivity contribution in [2.24, 2.45) is 11.0 Å². The maximum absolute atomic E-state index is 12.3. The molecule has 6 heteroatoms. The van der Waals surface area contributed by atoms with Crippen molar-refractivity contribution in [3.8, 4) is 0 Å². The van der Waals surface area contributed by atoms with Crippen LogP contribution in [0.4, 0.5) is 0 Å². The summed E-state index contributed by atoms with van der Waals surface area (Å²) in [6, 6.07) is 15.3. The zero-order valence-electron chi connectivity index (χ0n) is 14.4. The predicted octanol–water partition coefficient (Wildman–Crippen LogP) is 2.94. The van der Waals surface area contributed by atoms with E-state index in [1.807, 2.05) is 24.3 Å². The number of nitrogens with zero attached hydrogens (tertiary/aromatic N) is 1. The van der Waals surface area contributed by atoms with Crippen molar-refractivity contribution >= 4 is 35.3 Å². The average Bonchev–Trinajstić information content (AvgIpc) is 2.64. The first-order chi connectivity index (χ1) is 12.6. The molecular formula is C20H22Cl2N3O+. The van der Waals surface area contributed by atoms with Crippen molar-refractivity contribution in [2.45, 2.75) is 19.4 Å². The van der Waals surface area contributed by atoms with Crippen LogP contribution in [0.5, 0.6) is 0 Å². The predicted molar refractivity (Wildman–Crippen MR) is 106 cm³/mol. The van der Waals surface area contributed by atoms with E-state index in [0.717, 1.165) is 43.1 Å². The molecule has 1 amide bonds. The van der Waals surface area contributed by atoms with Gasteiger partial charge in [-0.15, -0.1) is 0 Å². The first-order valence-corrected chi connectivity index (χ1v) is 9.52. The highest BCUT2D eigenvalue weighted by atomic mass is 35.5. The lowest BCUT2D eigenvalue weighted by Crippen LogP contribution is -3.11. The van der Waals surface area contributed by atoms with E-state index in [1.54, 1.807) is 18.3 Å². The number of likely N-dealkylation sites (tertiary alicyclic amines) is 1. The Hall–Kier alpha value is -1.88. The lowest BCUT2D eigenvalue weighted by atomic mass is 9.96. The molecule has 2 aromatic rings. The van der Waals surface area contributed by atoms with Crippen LogP contribution in [0.3, 0.4) is 0 Å². The SMILES string of the molecule is O=C(N/N=C\c1cccc(Cl)c1)C1CC[NH+](Cc2ccc(Cl)cc2)CC1. The number of hydrogen-bond donors (Lipinski definition) is 2. The lowest BCUT2D eigenvalue weighted by molar-refractivity contribution is -0.919. The third kappa shape index (κ3) is 5.56. The minimum atomic E-state index is -0.00572. The van der Waals surface area contributed by atoms with Gasteiger partial charge in [-0.05, 0) is 29.8 Å². The van der Waals surface area contributed by atoms with Gasteiger partial charge in [0.05, 0.1) is 25.2 Å². The number of rotatable bonds is 5. The van der Waals surface area contributed by atoms with Crippen LogP contribution in [0.25, 0.3) is 0 Å². The molecule has 0 spiro atoms. The maximum Gasteiger partial charge on any atom is 0.243 e. The maximum atomic E-state index is 12.3. The molecule has 0 atom stereocenters. The first-order valence-electron chi connectivity index (χ1n) is 8.76. The number of quaternary nitrogens is 1. The van der Waals surface area contributed by atoms with Crippen LogP contribution in [0.15, 0.2) is 53.6 Å². The van der Waals surface area contributed by atoms with Gasteiger partial charge in [-0.25, -0.2) is 5.43 Å². The van der Waals surface area contributed by atoms with Gasteiger partial charge >= 0.3 is 0 Å². The molecule has 2 N–H and O–H groups in total. The Bertz CT molecular complexity index is 769. The minimum absolute atomic E-state index is 0.00572. The molecule has 0 radical (unpaired) electrons. The Morgan fingerprint density at radius 2 is 1.85 bits per heavy atom. The highest BCUT2D eigenvalue weighted by molar-refractivity contribution is 6.31. The number of piperidine rings is 1. The number of nitrogens with one attached hydrogen (secondary N) is 2. The summed E-state index contributed by atoms with van der Waals surface area (Å²) in [5, 5.41) is 5.46. The third-order valence-corrected chi connectivity index (χ3v) is 5.15. The summed E-state index contributed by atoms with van der Waals surface area (Å²) in [4.78, 5) is 13.8. The van der Waals surface area contributed by atoms with Crippen molar-refractivity contribution in [1.82, 2.24) is 5.43 Å². The van der Waals surface area contributed by atoms with Gasteiger partial charge in [0.2, 0.25) is 5.91 Å². The monoisotopic (exact) mass is 390 g/mol. The second-order valence-electron chi connectivity index (χ2n) is 6.62. The number of hydrogen-bond acceptors (Lipinski definition) is 2. The summed E-state index contributed by atoms with van der Waals surface area (Å²) in [7, 11) is 0. The Morgan fingerprint density at radius 1 is 1.12 bits per heavy atom. The summed E-state index contributed by atoms with van der Waals surface area (Å²) in [5.74, 6) is 0.0225. The molecule has 2 aromatic carbocycles. The van der Waals surface area contributed by atoms with Gasteiger partial charge in [-0.3, -0.25) is 4.79 Å². The second kappa shape index (κ2) is 9.17. The number of carbonyl (C=O) groups excluding carboxylic acids is 1. The highest BCUT2D eigenvalue weighted by Gasteiger charge is 2.27. The number of carbonyl (C=O) groups is 1.